The van der Waals surface area contributed by atoms with Crippen LogP contribution >= 0.6 is 12.6 Å². The van der Waals surface area contributed by atoms with Gasteiger partial charge in [-0.05, 0) is 32.6 Å². The molecule has 2 unspecified atom stereocenters. The summed E-state index contributed by atoms with van der Waals surface area (Å²) in [4.78, 5) is 13.9. The van der Waals surface area contributed by atoms with Gasteiger partial charge in [0.2, 0.25) is 5.91 Å². The molecule has 2 nitrogen and oxygen atoms in total. The first-order valence-electron chi connectivity index (χ1n) is 5.65. The minimum absolute atomic E-state index is 0.146. The Bertz CT molecular complexity index is 192. The van der Waals surface area contributed by atoms with Crippen molar-refractivity contribution in [2.75, 3.05) is 6.54 Å². The van der Waals surface area contributed by atoms with Crippen molar-refractivity contribution in [2.45, 2.75) is 57.2 Å². The van der Waals surface area contributed by atoms with Crippen LogP contribution in [0.5, 0.6) is 0 Å². The van der Waals surface area contributed by atoms with Crippen molar-refractivity contribution in [1.29, 1.82) is 0 Å². The molecule has 2 atom stereocenters. The molecule has 0 aromatic carbocycles. The van der Waals surface area contributed by atoms with E-state index in [0.717, 1.165) is 25.8 Å². The number of nitrogens with zero attached hydrogens (tertiary/aromatic N) is 1. The van der Waals surface area contributed by atoms with Crippen molar-refractivity contribution in [3.05, 3.63) is 0 Å². The highest BCUT2D eigenvalue weighted by molar-refractivity contribution is 7.81. The average molecular weight is 215 g/mol. The topological polar surface area (TPSA) is 20.3 Å². The molecule has 1 amide bonds. The Morgan fingerprint density at radius 2 is 2.29 bits per heavy atom. The van der Waals surface area contributed by atoms with Gasteiger partial charge in [0.15, 0.2) is 0 Å². The Labute approximate surface area is 92.5 Å². The largest absolute Gasteiger partial charge is 0.339 e. The maximum absolute atomic E-state index is 11.8. The highest BCUT2D eigenvalue weighted by Crippen LogP contribution is 2.22. The number of likely N-dealkylation sites (tertiary alicyclic amines) is 1. The molecule has 82 valence electrons. The number of rotatable bonds is 3. The second-order valence-electron chi connectivity index (χ2n) is 4.15. The monoisotopic (exact) mass is 215 g/mol. The van der Waals surface area contributed by atoms with Crippen LogP contribution in [-0.2, 0) is 4.79 Å². The van der Waals surface area contributed by atoms with E-state index in [1.54, 1.807) is 0 Å². The molecule has 1 heterocycles. The number of thiol groups is 1. The van der Waals surface area contributed by atoms with E-state index in [2.05, 4.69) is 19.6 Å². The smallest absolute Gasteiger partial charge is 0.235 e. The third-order valence-electron chi connectivity index (χ3n) is 2.89. The van der Waals surface area contributed by atoms with Gasteiger partial charge in [-0.1, -0.05) is 13.3 Å². The Kier molecular flexibility index (Phi) is 4.79. The number of piperidine rings is 1. The molecule has 0 aliphatic carbocycles. The Morgan fingerprint density at radius 1 is 1.57 bits per heavy atom. The molecule has 1 rings (SSSR count). The van der Waals surface area contributed by atoms with Gasteiger partial charge in [0.05, 0.1) is 5.25 Å². The number of carbonyl (C=O) groups excluding carboxylic acids is 1. The van der Waals surface area contributed by atoms with Crippen LogP contribution in [-0.4, -0.2) is 28.6 Å². The molecular formula is C11H21NOS. The third-order valence-corrected chi connectivity index (χ3v) is 3.11. The van der Waals surface area contributed by atoms with Gasteiger partial charge in [-0.25, -0.2) is 0 Å². The predicted octanol–water partition coefficient (Wildman–Crippen LogP) is 2.49. The summed E-state index contributed by atoms with van der Waals surface area (Å²) in [5, 5.41) is -0.146. The normalized spacial score (nSPS) is 24.8. The van der Waals surface area contributed by atoms with Crippen LogP contribution in [0.1, 0.15) is 46.0 Å². The molecule has 0 saturated carbocycles. The van der Waals surface area contributed by atoms with Crippen LogP contribution in [0.25, 0.3) is 0 Å². The zero-order chi connectivity index (χ0) is 10.6. The van der Waals surface area contributed by atoms with Crippen molar-refractivity contribution < 1.29 is 4.79 Å². The first-order chi connectivity index (χ1) is 6.66. The molecular weight excluding hydrogens is 194 g/mol. The number of hydrogen-bond donors (Lipinski definition) is 1. The van der Waals surface area contributed by atoms with Crippen molar-refractivity contribution >= 4 is 18.5 Å². The summed E-state index contributed by atoms with van der Waals surface area (Å²) in [6.07, 6.45) is 5.92. The van der Waals surface area contributed by atoms with Crippen LogP contribution in [0.4, 0.5) is 0 Å². The molecule has 0 radical (unpaired) electrons. The van der Waals surface area contributed by atoms with Gasteiger partial charge in [-0.2, -0.15) is 12.6 Å². The van der Waals surface area contributed by atoms with Crippen LogP contribution in [0.3, 0.4) is 0 Å². The van der Waals surface area contributed by atoms with Crippen LogP contribution in [0.15, 0.2) is 0 Å². The lowest BCUT2D eigenvalue weighted by Crippen LogP contribution is -2.46. The van der Waals surface area contributed by atoms with Gasteiger partial charge in [0.25, 0.3) is 0 Å². The second kappa shape index (κ2) is 5.64. The zero-order valence-corrected chi connectivity index (χ0v) is 10.1. The molecule has 0 spiro atoms. The first kappa shape index (κ1) is 11.9. The van der Waals surface area contributed by atoms with Crippen molar-refractivity contribution in [3.63, 3.8) is 0 Å². The minimum Gasteiger partial charge on any atom is -0.339 e. The second-order valence-corrected chi connectivity index (χ2v) is 4.92. The summed E-state index contributed by atoms with van der Waals surface area (Å²) in [5.74, 6) is 0.214. The maximum atomic E-state index is 11.8. The molecule has 3 heteroatoms. The molecule has 1 saturated heterocycles. The SMILES string of the molecule is CCCC1CCCCN1C(=O)C(C)S. The molecule has 0 aromatic rings. The van der Waals surface area contributed by atoms with Crippen molar-refractivity contribution in [3.8, 4) is 0 Å². The van der Waals surface area contributed by atoms with Gasteiger partial charge in [-0.3, -0.25) is 4.79 Å². The highest BCUT2D eigenvalue weighted by Gasteiger charge is 2.27. The van der Waals surface area contributed by atoms with Gasteiger partial charge >= 0.3 is 0 Å². The lowest BCUT2D eigenvalue weighted by atomic mass is 9.98. The number of amides is 1. The summed E-state index contributed by atoms with van der Waals surface area (Å²) in [5.41, 5.74) is 0. The fraction of sp³-hybridized carbons (Fsp3) is 0.909. The summed E-state index contributed by atoms with van der Waals surface area (Å²) in [6, 6.07) is 0.482. The van der Waals surface area contributed by atoms with Crippen LogP contribution < -0.4 is 0 Å². The minimum atomic E-state index is -0.146. The van der Waals surface area contributed by atoms with E-state index in [1.165, 1.54) is 12.8 Å². The van der Waals surface area contributed by atoms with Gasteiger partial charge in [0, 0.05) is 12.6 Å². The predicted molar refractivity (Wildman–Crippen MR) is 62.7 cm³/mol. The summed E-state index contributed by atoms with van der Waals surface area (Å²) in [6.45, 7) is 4.98. The van der Waals surface area contributed by atoms with Crippen molar-refractivity contribution in [1.82, 2.24) is 4.90 Å². The number of carbonyl (C=O) groups is 1. The molecule has 1 fully saturated rings. The van der Waals surface area contributed by atoms with E-state index in [1.807, 2.05) is 11.8 Å². The third kappa shape index (κ3) is 2.91. The van der Waals surface area contributed by atoms with E-state index in [0.29, 0.717) is 6.04 Å². The van der Waals surface area contributed by atoms with E-state index in [9.17, 15) is 4.79 Å². The fourth-order valence-corrected chi connectivity index (χ4v) is 2.31. The standard InChI is InChI=1S/C11H21NOS/c1-3-6-10-7-4-5-8-12(10)11(13)9(2)14/h9-10,14H,3-8H2,1-2H3. The Hall–Kier alpha value is -0.180. The molecule has 14 heavy (non-hydrogen) atoms. The quantitative estimate of drug-likeness (QED) is 0.717. The van der Waals surface area contributed by atoms with E-state index in [4.69, 9.17) is 0 Å². The lowest BCUT2D eigenvalue weighted by molar-refractivity contribution is -0.134. The molecule has 0 bridgehead atoms. The average Bonchev–Trinajstić information content (AvgIpc) is 2.18. The lowest BCUT2D eigenvalue weighted by Gasteiger charge is -2.36. The molecule has 1 aliphatic rings. The zero-order valence-electron chi connectivity index (χ0n) is 9.20. The van der Waals surface area contributed by atoms with E-state index >= 15 is 0 Å². The van der Waals surface area contributed by atoms with Gasteiger partial charge in [-0.15, -0.1) is 0 Å². The summed E-state index contributed by atoms with van der Waals surface area (Å²) < 4.78 is 0. The molecule has 0 N–H and O–H groups in total. The van der Waals surface area contributed by atoms with Gasteiger partial charge < -0.3 is 4.90 Å². The highest BCUT2D eigenvalue weighted by atomic mass is 32.1. The summed E-state index contributed by atoms with van der Waals surface area (Å²) >= 11 is 4.22. The first-order valence-corrected chi connectivity index (χ1v) is 6.17. The van der Waals surface area contributed by atoms with E-state index in [-0.39, 0.29) is 11.2 Å². The fourth-order valence-electron chi connectivity index (χ4n) is 2.16. The van der Waals surface area contributed by atoms with Crippen LogP contribution in [0, 0.1) is 0 Å². The number of hydrogen-bond acceptors (Lipinski definition) is 2. The molecule has 0 aromatic heterocycles. The Balaban J connectivity index is 2.57. The van der Waals surface area contributed by atoms with Gasteiger partial charge in [0.1, 0.15) is 0 Å². The maximum Gasteiger partial charge on any atom is 0.235 e. The molecule has 1 aliphatic heterocycles. The summed E-state index contributed by atoms with van der Waals surface area (Å²) in [7, 11) is 0. The van der Waals surface area contributed by atoms with Crippen molar-refractivity contribution in [2.24, 2.45) is 0 Å². The Morgan fingerprint density at radius 3 is 2.86 bits per heavy atom. The van der Waals surface area contributed by atoms with Crippen LogP contribution in [0.2, 0.25) is 0 Å². The van der Waals surface area contributed by atoms with E-state index < -0.39 is 0 Å².